The number of nitrogens with two attached hydrogens (primary N) is 1. The van der Waals surface area contributed by atoms with Crippen molar-refractivity contribution in [2.24, 2.45) is 0 Å². The van der Waals surface area contributed by atoms with Crippen molar-refractivity contribution in [1.82, 2.24) is 30.5 Å². The molecule has 0 radical (unpaired) electrons. The molecule has 0 fully saturated rings. The zero-order chi connectivity index (χ0) is 24.5. The Bertz CT molecular complexity index is 1240. The molecule has 4 rings (SSSR count). The Morgan fingerprint density at radius 3 is 2.47 bits per heavy atom. The molecule has 0 saturated heterocycles. The summed E-state index contributed by atoms with van der Waals surface area (Å²) in [6.45, 7) is 3.90. The number of benzene rings is 2. The van der Waals surface area contributed by atoms with E-state index < -0.39 is 0 Å². The maximum Gasteiger partial charge on any atom is 0.251 e. The average Bonchev–Trinajstić information content (AvgIpc) is 3.26. The number of aliphatic hydroxyl groups is 1. The van der Waals surface area contributed by atoms with Gasteiger partial charge in [0, 0.05) is 31.1 Å². The number of rotatable bonds is 6. The van der Waals surface area contributed by atoms with Crippen LogP contribution in [0.15, 0.2) is 54.7 Å². The van der Waals surface area contributed by atoms with Gasteiger partial charge in [0.2, 0.25) is 5.95 Å². The molecule has 2 aromatic heterocycles. The highest BCUT2D eigenvalue weighted by molar-refractivity contribution is 5.95. The van der Waals surface area contributed by atoms with Crippen molar-refractivity contribution in [3.63, 3.8) is 0 Å². The molecule has 176 valence electrons. The fourth-order valence-electron chi connectivity index (χ4n) is 3.12. The molecule has 0 bridgehead atoms. The zero-order valence-corrected chi connectivity index (χ0v) is 19.3. The molecule has 10 heteroatoms. The number of hydrogen-bond donors (Lipinski definition) is 5. The van der Waals surface area contributed by atoms with Crippen molar-refractivity contribution >= 4 is 23.4 Å². The van der Waals surface area contributed by atoms with Crippen LogP contribution in [0.5, 0.6) is 0 Å². The summed E-state index contributed by atoms with van der Waals surface area (Å²) >= 11 is 0. The highest BCUT2D eigenvalue weighted by Gasteiger charge is 2.12. The zero-order valence-electron chi connectivity index (χ0n) is 19.3. The van der Waals surface area contributed by atoms with E-state index in [9.17, 15) is 4.79 Å². The lowest BCUT2D eigenvalue weighted by molar-refractivity contribution is 0.0962. The third kappa shape index (κ3) is 6.36. The van der Waals surface area contributed by atoms with Crippen LogP contribution in [0.3, 0.4) is 0 Å². The van der Waals surface area contributed by atoms with Crippen molar-refractivity contribution in [2.45, 2.75) is 20.3 Å². The van der Waals surface area contributed by atoms with E-state index >= 15 is 0 Å². The summed E-state index contributed by atoms with van der Waals surface area (Å²) in [5, 5.41) is 21.0. The molecule has 0 aliphatic rings. The Kier molecular flexibility index (Phi) is 8.25. The second kappa shape index (κ2) is 11.5. The van der Waals surface area contributed by atoms with Crippen molar-refractivity contribution in [1.29, 1.82) is 0 Å². The summed E-state index contributed by atoms with van der Waals surface area (Å²) in [6.07, 6.45) is 2.33. The number of aryl methyl sites for hydroxylation is 2. The fourth-order valence-corrected chi connectivity index (χ4v) is 3.12. The average molecular weight is 461 g/mol. The van der Waals surface area contributed by atoms with Crippen LogP contribution < -0.4 is 16.4 Å². The van der Waals surface area contributed by atoms with Crippen molar-refractivity contribution in [3.05, 3.63) is 77.2 Å². The number of aromatic amines is 1. The smallest absolute Gasteiger partial charge is 0.251 e. The predicted molar refractivity (Wildman–Crippen MR) is 132 cm³/mol. The van der Waals surface area contributed by atoms with E-state index in [1.807, 2.05) is 43.3 Å². The first-order valence-electron chi connectivity index (χ1n) is 10.7. The van der Waals surface area contributed by atoms with Crippen LogP contribution >= 0.6 is 0 Å². The van der Waals surface area contributed by atoms with Gasteiger partial charge < -0.3 is 21.5 Å². The number of amides is 1. The van der Waals surface area contributed by atoms with Crippen LogP contribution in [-0.4, -0.2) is 49.8 Å². The van der Waals surface area contributed by atoms with Crippen molar-refractivity contribution in [2.75, 3.05) is 24.7 Å². The Hall–Kier alpha value is -4.31. The molecular formula is C24H28N8O2. The number of anilines is 3. The largest absolute Gasteiger partial charge is 0.396 e. The Balaban J connectivity index is 0.000000302. The first-order chi connectivity index (χ1) is 16.4. The van der Waals surface area contributed by atoms with Gasteiger partial charge in [0.1, 0.15) is 11.6 Å². The number of hydrogen-bond acceptors (Lipinski definition) is 8. The lowest BCUT2D eigenvalue weighted by Gasteiger charge is -2.10. The third-order valence-corrected chi connectivity index (χ3v) is 4.85. The number of aliphatic hydroxyl groups excluding tert-OH is 1. The van der Waals surface area contributed by atoms with Crippen LogP contribution in [0.4, 0.5) is 17.5 Å². The molecule has 6 N–H and O–H groups in total. The SMILES string of the molecule is CNC(=O)c1ccc(Nc2ncc(-c3n[nH]c(C)n3)c(N)n2)cc1C.OCCc1ccccc1. The second-order valence-electron chi connectivity index (χ2n) is 7.43. The molecule has 0 saturated carbocycles. The fraction of sp³-hybridized carbons (Fsp3) is 0.208. The molecule has 0 atom stereocenters. The Morgan fingerprint density at radius 2 is 1.88 bits per heavy atom. The number of carbonyl (C=O) groups is 1. The normalized spacial score (nSPS) is 10.2. The van der Waals surface area contributed by atoms with Gasteiger partial charge in [0.25, 0.3) is 5.91 Å². The molecule has 1 amide bonds. The molecule has 0 unspecified atom stereocenters. The second-order valence-corrected chi connectivity index (χ2v) is 7.43. The van der Waals surface area contributed by atoms with Gasteiger partial charge in [-0.1, -0.05) is 30.3 Å². The summed E-state index contributed by atoms with van der Waals surface area (Å²) in [5.74, 6) is 1.63. The quantitative estimate of drug-likeness (QED) is 0.294. The first kappa shape index (κ1) is 24.3. The monoisotopic (exact) mass is 460 g/mol. The molecular weight excluding hydrogens is 432 g/mol. The molecule has 2 heterocycles. The summed E-state index contributed by atoms with van der Waals surface area (Å²) in [7, 11) is 1.60. The van der Waals surface area contributed by atoms with Gasteiger partial charge in [-0.3, -0.25) is 9.89 Å². The summed E-state index contributed by atoms with van der Waals surface area (Å²) < 4.78 is 0. The standard InChI is InChI=1S/C16H18N8O.C8H10O/c1-8-6-10(4-5-11(8)15(25)18-3)21-16-19-7-12(13(17)22-16)14-20-9(2)23-24-14;9-7-6-8-4-2-1-3-5-8/h4-7H,1-3H3,(H,18,25)(H,20,23,24)(H3,17,19,21,22);1-5,9H,6-7H2. The molecule has 0 aliphatic carbocycles. The highest BCUT2D eigenvalue weighted by Crippen LogP contribution is 2.23. The van der Waals surface area contributed by atoms with Crippen LogP contribution in [0.1, 0.15) is 27.3 Å². The van der Waals surface area contributed by atoms with Gasteiger partial charge >= 0.3 is 0 Å². The summed E-state index contributed by atoms with van der Waals surface area (Å²) in [4.78, 5) is 24.4. The number of carbonyl (C=O) groups excluding carboxylic acids is 1. The molecule has 4 aromatic rings. The number of nitrogen functional groups attached to an aromatic ring is 1. The predicted octanol–water partition coefficient (Wildman–Crippen LogP) is 2.79. The van der Waals surface area contributed by atoms with Gasteiger partial charge in [0.15, 0.2) is 5.82 Å². The maximum atomic E-state index is 11.7. The van der Waals surface area contributed by atoms with E-state index in [1.54, 1.807) is 32.3 Å². The minimum Gasteiger partial charge on any atom is -0.396 e. The van der Waals surface area contributed by atoms with Gasteiger partial charge in [0.05, 0.1) is 5.56 Å². The van der Waals surface area contributed by atoms with E-state index in [0.717, 1.165) is 17.7 Å². The molecule has 0 spiro atoms. The maximum absolute atomic E-state index is 11.7. The molecule has 10 nitrogen and oxygen atoms in total. The van der Waals surface area contributed by atoms with Crippen LogP contribution in [0, 0.1) is 13.8 Å². The Labute approximate surface area is 197 Å². The lowest BCUT2D eigenvalue weighted by atomic mass is 10.1. The first-order valence-corrected chi connectivity index (χ1v) is 10.7. The molecule has 0 aliphatic heterocycles. The minimum atomic E-state index is -0.129. The number of nitrogens with one attached hydrogen (secondary N) is 3. The number of nitrogens with zero attached hydrogens (tertiary/aromatic N) is 4. The summed E-state index contributed by atoms with van der Waals surface area (Å²) in [5.41, 5.74) is 9.95. The third-order valence-electron chi connectivity index (χ3n) is 4.85. The minimum absolute atomic E-state index is 0.129. The van der Waals surface area contributed by atoms with E-state index in [-0.39, 0.29) is 18.3 Å². The topological polar surface area (TPSA) is 155 Å². The molecule has 34 heavy (non-hydrogen) atoms. The van der Waals surface area contributed by atoms with Gasteiger partial charge in [-0.25, -0.2) is 9.97 Å². The van der Waals surface area contributed by atoms with Crippen molar-refractivity contribution in [3.8, 4) is 11.4 Å². The molecule has 2 aromatic carbocycles. The van der Waals surface area contributed by atoms with Gasteiger partial charge in [-0.15, -0.1) is 0 Å². The van der Waals surface area contributed by atoms with Gasteiger partial charge in [-0.2, -0.15) is 10.1 Å². The summed E-state index contributed by atoms with van der Waals surface area (Å²) in [6, 6.07) is 15.3. The van der Waals surface area contributed by atoms with Crippen molar-refractivity contribution < 1.29 is 9.90 Å². The van der Waals surface area contributed by atoms with E-state index in [1.165, 1.54) is 5.56 Å². The van der Waals surface area contributed by atoms with E-state index in [4.69, 9.17) is 10.8 Å². The van der Waals surface area contributed by atoms with E-state index in [0.29, 0.717) is 28.7 Å². The lowest BCUT2D eigenvalue weighted by Crippen LogP contribution is -2.18. The number of aromatic nitrogens is 5. The number of H-pyrrole nitrogens is 1. The van der Waals surface area contributed by atoms with Crippen LogP contribution in [0.2, 0.25) is 0 Å². The van der Waals surface area contributed by atoms with Crippen LogP contribution in [-0.2, 0) is 6.42 Å². The Morgan fingerprint density at radius 1 is 1.12 bits per heavy atom. The van der Waals surface area contributed by atoms with Gasteiger partial charge in [-0.05, 0) is 49.6 Å². The van der Waals surface area contributed by atoms with Crippen LogP contribution in [0.25, 0.3) is 11.4 Å². The van der Waals surface area contributed by atoms with E-state index in [2.05, 4.69) is 35.8 Å². The highest BCUT2D eigenvalue weighted by atomic mass is 16.3.